The first kappa shape index (κ1) is 15.9. The topological polar surface area (TPSA) is 70.7 Å². The molecule has 0 bridgehead atoms. The van der Waals surface area contributed by atoms with E-state index in [0.29, 0.717) is 19.6 Å². The Bertz CT molecular complexity index is 307. The highest BCUT2D eigenvalue weighted by molar-refractivity contribution is 5.83. The zero-order valence-corrected chi connectivity index (χ0v) is 12.1. The first-order valence-electron chi connectivity index (χ1n) is 6.70. The lowest BCUT2D eigenvalue weighted by Gasteiger charge is -2.35. The lowest BCUT2D eigenvalue weighted by molar-refractivity contribution is -0.136. The summed E-state index contributed by atoms with van der Waals surface area (Å²) in [5, 5.41) is 6.12. The van der Waals surface area contributed by atoms with Crippen LogP contribution >= 0.6 is 0 Å². The fourth-order valence-corrected chi connectivity index (χ4v) is 2.31. The van der Waals surface area contributed by atoms with Crippen LogP contribution in [0.3, 0.4) is 0 Å². The first-order valence-corrected chi connectivity index (χ1v) is 6.70. The van der Waals surface area contributed by atoms with Gasteiger partial charge in [-0.3, -0.25) is 9.59 Å². The van der Waals surface area contributed by atoms with Crippen LogP contribution in [0.15, 0.2) is 0 Å². The van der Waals surface area contributed by atoms with Gasteiger partial charge < -0.3 is 20.3 Å². The average molecular weight is 271 g/mol. The number of rotatable bonds is 6. The monoisotopic (exact) mass is 271 g/mol. The predicted molar refractivity (Wildman–Crippen MR) is 72.7 cm³/mol. The van der Waals surface area contributed by atoms with Gasteiger partial charge in [-0.25, -0.2) is 0 Å². The molecule has 1 saturated heterocycles. The van der Waals surface area contributed by atoms with E-state index in [1.165, 1.54) is 4.90 Å². The van der Waals surface area contributed by atoms with Crippen molar-refractivity contribution in [3.8, 4) is 0 Å². The van der Waals surface area contributed by atoms with Crippen molar-refractivity contribution in [2.75, 3.05) is 47.4 Å². The minimum absolute atomic E-state index is 0.00223. The van der Waals surface area contributed by atoms with Crippen molar-refractivity contribution in [2.45, 2.75) is 19.3 Å². The standard InChI is InChI=1S/C13H25N3O3/c1-16(2)11(17)4-7-15-12(18)13(10-19-3)5-8-14-9-6-13/h14H,4-10H2,1-3H3,(H,15,18). The summed E-state index contributed by atoms with van der Waals surface area (Å²) >= 11 is 0. The molecule has 110 valence electrons. The van der Waals surface area contributed by atoms with Crippen molar-refractivity contribution in [1.29, 1.82) is 0 Å². The molecule has 1 fully saturated rings. The molecule has 0 radical (unpaired) electrons. The van der Waals surface area contributed by atoms with Gasteiger partial charge in [-0.2, -0.15) is 0 Å². The molecule has 1 heterocycles. The molecule has 2 amide bonds. The number of methoxy groups -OCH3 is 1. The second kappa shape index (κ2) is 7.45. The van der Waals surface area contributed by atoms with Gasteiger partial charge in [0.15, 0.2) is 0 Å². The van der Waals surface area contributed by atoms with Gasteiger partial charge in [0.2, 0.25) is 11.8 Å². The summed E-state index contributed by atoms with van der Waals surface area (Å²) in [5.41, 5.74) is -0.443. The molecule has 0 aliphatic carbocycles. The summed E-state index contributed by atoms with van der Waals surface area (Å²) in [6.07, 6.45) is 1.88. The quantitative estimate of drug-likeness (QED) is 0.689. The largest absolute Gasteiger partial charge is 0.384 e. The number of amides is 2. The molecule has 0 aromatic carbocycles. The van der Waals surface area contributed by atoms with E-state index in [1.807, 2.05) is 0 Å². The van der Waals surface area contributed by atoms with Crippen LogP contribution in [-0.4, -0.2) is 64.2 Å². The molecule has 1 rings (SSSR count). The number of nitrogens with one attached hydrogen (secondary N) is 2. The lowest BCUT2D eigenvalue weighted by Crippen LogP contribution is -2.50. The highest BCUT2D eigenvalue weighted by Gasteiger charge is 2.39. The van der Waals surface area contributed by atoms with Gasteiger partial charge in [0.25, 0.3) is 0 Å². The molecule has 0 saturated carbocycles. The smallest absolute Gasteiger partial charge is 0.228 e. The zero-order chi connectivity index (χ0) is 14.3. The van der Waals surface area contributed by atoms with Crippen molar-refractivity contribution in [2.24, 2.45) is 5.41 Å². The third-order valence-electron chi connectivity index (χ3n) is 3.59. The van der Waals surface area contributed by atoms with Crippen LogP contribution in [-0.2, 0) is 14.3 Å². The number of hydrogen-bond donors (Lipinski definition) is 2. The van der Waals surface area contributed by atoms with Crippen LogP contribution < -0.4 is 10.6 Å². The van der Waals surface area contributed by atoms with E-state index in [2.05, 4.69) is 10.6 Å². The lowest BCUT2D eigenvalue weighted by atomic mass is 9.78. The number of carbonyl (C=O) groups is 2. The third-order valence-corrected chi connectivity index (χ3v) is 3.59. The summed E-state index contributed by atoms with van der Waals surface area (Å²) in [5.74, 6) is 0.0220. The Balaban J connectivity index is 2.46. The number of hydrogen-bond acceptors (Lipinski definition) is 4. The van der Waals surface area contributed by atoms with Crippen molar-refractivity contribution in [3.05, 3.63) is 0 Å². The number of piperidine rings is 1. The number of ether oxygens (including phenoxy) is 1. The minimum atomic E-state index is -0.443. The van der Waals surface area contributed by atoms with Crippen LogP contribution in [0.4, 0.5) is 0 Å². The van der Waals surface area contributed by atoms with Gasteiger partial charge >= 0.3 is 0 Å². The van der Waals surface area contributed by atoms with E-state index in [4.69, 9.17) is 4.74 Å². The number of nitrogens with zero attached hydrogens (tertiary/aromatic N) is 1. The van der Waals surface area contributed by atoms with E-state index >= 15 is 0 Å². The summed E-state index contributed by atoms with van der Waals surface area (Å²) in [6, 6.07) is 0. The van der Waals surface area contributed by atoms with Crippen molar-refractivity contribution >= 4 is 11.8 Å². The summed E-state index contributed by atoms with van der Waals surface area (Å²) in [6.45, 7) is 2.47. The van der Waals surface area contributed by atoms with Crippen LogP contribution in [0.25, 0.3) is 0 Å². The van der Waals surface area contributed by atoms with Gasteiger partial charge in [0, 0.05) is 34.2 Å². The SMILES string of the molecule is COCC1(C(=O)NCCC(=O)N(C)C)CCNCC1. The minimum Gasteiger partial charge on any atom is -0.384 e. The van der Waals surface area contributed by atoms with Gasteiger partial charge in [0.1, 0.15) is 0 Å². The van der Waals surface area contributed by atoms with Gasteiger partial charge in [-0.15, -0.1) is 0 Å². The van der Waals surface area contributed by atoms with Gasteiger partial charge in [0.05, 0.1) is 12.0 Å². The molecule has 19 heavy (non-hydrogen) atoms. The van der Waals surface area contributed by atoms with E-state index < -0.39 is 5.41 Å². The molecule has 6 heteroatoms. The maximum atomic E-state index is 12.3. The fraction of sp³-hybridized carbons (Fsp3) is 0.846. The van der Waals surface area contributed by atoms with E-state index in [0.717, 1.165) is 25.9 Å². The van der Waals surface area contributed by atoms with Crippen LogP contribution in [0.2, 0.25) is 0 Å². The normalized spacial score (nSPS) is 17.8. The fourth-order valence-electron chi connectivity index (χ4n) is 2.31. The Labute approximate surface area is 114 Å². The van der Waals surface area contributed by atoms with E-state index in [-0.39, 0.29) is 11.8 Å². The second-order valence-electron chi connectivity index (χ2n) is 5.26. The molecule has 6 nitrogen and oxygen atoms in total. The highest BCUT2D eigenvalue weighted by Crippen LogP contribution is 2.29. The molecule has 0 aromatic heterocycles. The zero-order valence-electron chi connectivity index (χ0n) is 12.1. The Hall–Kier alpha value is -1.14. The predicted octanol–water partition coefficient (Wildman–Crippen LogP) is -0.403. The van der Waals surface area contributed by atoms with Crippen molar-refractivity contribution in [1.82, 2.24) is 15.5 Å². The molecule has 2 N–H and O–H groups in total. The summed E-state index contributed by atoms with van der Waals surface area (Å²) in [7, 11) is 5.04. The summed E-state index contributed by atoms with van der Waals surface area (Å²) in [4.78, 5) is 25.3. The maximum absolute atomic E-state index is 12.3. The maximum Gasteiger partial charge on any atom is 0.228 e. The van der Waals surface area contributed by atoms with Crippen LogP contribution in [0.1, 0.15) is 19.3 Å². The van der Waals surface area contributed by atoms with E-state index in [9.17, 15) is 9.59 Å². The van der Waals surface area contributed by atoms with Crippen LogP contribution in [0, 0.1) is 5.41 Å². The highest BCUT2D eigenvalue weighted by atomic mass is 16.5. The Kier molecular flexibility index (Phi) is 6.24. The summed E-state index contributed by atoms with van der Waals surface area (Å²) < 4.78 is 5.21. The Morgan fingerprint density at radius 2 is 1.95 bits per heavy atom. The van der Waals surface area contributed by atoms with E-state index in [1.54, 1.807) is 21.2 Å². The molecular weight excluding hydrogens is 246 g/mol. The Morgan fingerprint density at radius 3 is 2.47 bits per heavy atom. The molecule has 1 aliphatic rings. The molecule has 0 spiro atoms. The molecule has 0 unspecified atom stereocenters. The average Bonchev–Trinajstić information content (AvgIpc) is 2.39. The van der Waals surface area contributed by atoms with Crippen molar-refractivity contribution < 1.29 is 14.3 Å². The van der Waals surface area contributed by atoms with Gasteiger partial charge in [-0.05, 0) is 25.9 Å². The third kappa shape index (κ3) is 4.47. The number of carbonyl (C=O) groups excluding carboxylic acids is 2. The van der Waals surface area contributed by atoms with Crippen LogP contribution in [0.5, 0.6) is 0 Å². The second-order valence-corrected chi connectivity index (χ2v) is 5.26. The molecule has 0 aromatic rings. The van der Waals surface area contributed by atoms with Crippen molar-refractivity contribution in [3.63, 3.8) is 0 Å². The molecule has 0 atom stereocenters. The Morgan fingerprint density at radius 1 is 1.32 bits per heavy atom. The van der Waals surface area contributed by atoms with Gasteiger partial charge in [-0.1, -0.05) is 0 Å². The molecular formula is C13H25N3O3. The molecule has 1 aliphatic heterocycles. The first-order chi connectivity index (χ1) is 9.02.